The van der Waals surface area contributed by atoms with Crippen LogP contribution in [0.3, 0.4) is 0 Å². The Morgan fingerprint density at radius 2 is 1.87 bits per heavy atom. The first-order valence-corrected chi connectivity index (χ1v) is 11.0. The minimum Gasteiger partial charge on any atom is -0.352 e. The number of fused-ring (bicyclic) bond motifs is 1. The molecule has 2 atom stereocenters. The lowest BCUT2D eigenvalue weighted by molar-refractivity contribution is -0.135. The van der Waals surface area contributed by atoms with E-state index >= 15 is 0 Å². The first-order valence-electron chi connectivity index (χ1n) is 11.0. The lowest BCUT2D eigenvalue weighted by atomic mass is 9.83. The lowest BCUT2D eigenvalue weighted by Gasteiger charge is -2.42. The summed E-state index contributed by atoms with van der Waals surface area (Å²) in [6, 6.07) is 9.85. The van der Waals surface area contributed by atoms with Crippen LogP contribution >= 0.6 is 0 Å². The van der Waals surface area contributed by atoms with E-state index in [1.807, 2.05) is 30.3 Å². The lowest BCUT2D eigenvalue weighted by Crippen LogP contribution is -2.59. The zero-order valence-electron chi connectivity index (χ0n) is 17.1. The van der Waals surface area contributed by atoms with E-state index in [9.17, 15) is 9.59 Å². The second-order valence-electron chi connectivity index (χ2n) is 8.79. The molecule has 2 aromatic rings. The number of amides is 2. The van der Waals surface area contributed by atoms with Crippen molar-refractivity contribution >= 4 is 11.8 Å². The molecule has 0 radical (unpaired) electrons. The first kappa shape index (κ1) is 19.2. The maximum atomic E-state index is 13.2. The number of hydrogen-bond acceptors (Lipinski definition) is 5. The van der Waals surface area contributed by atoms with Gasteiger partial charge < -0.3 is 10.6 Å². The van der Waals surface area contributed by atoms with Crippen LogP contribution in [0.5, 0.6) is 0 Å². The summed E-state index contributed by atoms with van der Waals surface area (Å²) in [5.41, 5.74) is 0.665. The van der Waals surface area contributed by atoms with Gasteiger partial charge >= 0.3 is 0 Å². The van der Waals surface area contributed by atoms with Crippen LogP contribution < -0.4 is 10.6 Å². The van der Waals surface area contributed by atoms with Gasteiger partial charge in [-0.3, -0.25) is 14.5 Å². The third kappa shape index (κ3) is 3.49. The molecule has 1 saturated carbocycles. The van der Waals surface area contributed by atoms with E-state index in [-0.39, 0.29) is 23.6 Å². The van der Waals surface area contributed by atoms with Gasteiger partial charge in [0.1, 0.15) is 5.54 Å². The molecule has 158 valence electrons. The maximum absolute atomic E-state index is 13.2. The van der Waals surface area contributed by atoms with Gasteiger partial charge in [-0.2, -0.15) is 0 Å². The molecule has 2 amide bonds. The quantitative estimate of drug-likeness (QED) is 0.785. The van der Waals surface area contributed by atoms with Crippen LogP contribution in [-0.2, 0) is 4.79 Å². The molecule has 2 saturated heterocycles. The van der Waals surface area contributed by atoms with Crippen molar-refractivity contribution in [1.82, 2.24) is 30.5 Å². The molecular weight excluding hydrogens is 380 g/mol. The number of para-hydroxylation sites is 1. The van der Waals surface area contributed by atoms with Gasteiger partial charge in [-0.05, 0) is 63.6 Å². The summed E-state index contributed by atoms with van der Waals surface area (Å²) >= 11 is 0. The smallest absolute Gasteiger partial charge is 0.273 e. The SMILES string of the molecule is O=C(N[C@@H]1CN2CCCC[C@@]2(C(=O)NC2CCC2)C1)c1cn(-c2ccccc2)nn1. The molecule has 2 N–H and O–H groups in total. The van der Waals surface area contributed by atoms with E-state index in [1.54, 1.807) is 10.9 Å². The van der Waals surface area contributed by atoms with Crippen molar-refractivity contribution in [3.63, 3.8) is 0 Å². The Morgan fingerprint density at radius 1 is 1.03 bits per heavy atom. The van der Waals surface area contributed by atoms with Gasteiger partial charge in [0, 0.05) is 18.6 Å². The minimum atomic E-state index is -0.479. The first-order chi connectivity index (χ1) is 14.6. The van der Waals surface area contributed by atoms with Crippen molar-refractivity contribution in [2.75, 3.05) is 13.1 Å². The van der Waals surface area contributed by atoms with Gasteiger partial charge in [-0.25, -0.2) is 4.68 Å². The molecule has 1 aromatic carbocycles. The molecule has 0 unspecified atom stereocenters. The molecule has 0 spiro atoms. The van der Waals surface area contributed by atoms with Crippen LogP contribution in [0.1, 0.15) is 55.4 Å². The summed E-state index contributed by atoms with van der Waals surface area (Å²) in [7, 11) is 0. The summed E-state index contributed by atoms with van der Waals surface area (Å²) < 4.78 is 1.60. The largest absolute Gasteiger partial charge is 0.352 e. The fourth-order valence-electron chi connectivity index (χ4n) is 4.98. The van der Waals surface area contributed by atoms with E-state index < -0.39 is 5.54 Å². The molecule has 3 aliphatic rings. The third-order valence-electron chi connectivity index (χ3n) is 6.84. The molecule has 30 heavy (non-hydrogen) atoms. The molecule has 0 bridgehead atoms. The number of hydrogen-bond donors (Lipinski definition) is 2. The normalized spacial score (nSPS) is 26.6. The van der Waals surface area contributed by atoms with Crippen molar-refractivity contribution in [3.8, 4) is 5.69 Å². The van der Waals surface area contributed by atoms with Crippen molar-refractivity contribution in [3.05, 3.63) is 42.2 Å². The van der Waals surface area contributed by atoms with Crippen LogP contribution in [0.4, 0.5) is 0 Å². The topological polar surface area (TPSA) is 92.2 Å². The predicted octanol–water partition coefficient (Wildman–Crippen LogP) is 1.66. The van der Waals surface area contributed by atoms with Gasteiger partial charge in [-0.15, -0.1) is 5.10 Å². The average molecular weight is 409 g/mol. The fraction of sp³-hybridized carbons (Fsp3) is 0.545. The number of benzene rings is 1. The molecule has 2 aliphatic heterocycles. The number of rotatable bonds is 5. The van der Waals surface area contributed by atoms with Crippen LogP contribution in [0.2, 0.25) is 0 Å². The van der Waals surface area contributed by atoms with E-state index in [2.05, 4.69) is 25.8 Å². The Labute approximate surface area is 176 Å². The summed E-state index contributed by atoms with van der Waals surface area (Å²) in [6.45, 7) is 1.62. The Morgan fingerprint density at radius 3 is 2.63 bits per heavy atom. The van der Waals surface area contributed by atoms with Crippen LogP contribution in [0.25, 0.3) is 5.69 Å². The molecule has 1 aromatic heterocycles. The monoisotopic (exact) mass is 408 g/mol. The third-order valence-corrected chi connectivity index (χ3v) is 6.84. The molecule has 8 heteroatoms. The molecule has 8 nitrogen and oxygen atoms in total. The molecular formula is C22H28N6O2. The summed E-state index contributed by atoms with van der Waals surface area (Å²) in [4.78, 5) is 28.3. The highest BCUT2D eigenvalue weighted by Crippen LogP contribution is 2.38. The van der Waals surface area contributed by atoms with Crippen molar-refractivity contribution in [2.45, 2.75) is 62.6 Å². The van der Waals surface area contributed by atoms with Gasteiger partial charge in [0.15, 0.2) is 5.69 Å². The Balaban J connectivity index is 1.27. The number of carbonyl (C=O) groups excluding carboxylic acids is 2. The van der Waals surface area contributed by atoms with Crippen LogP contribution in [0, 0.1) is 0 Å². The zero-order valence-corrected chi connectivity index (χ0v) is 17.1. The molecule has 5 rings (SSSR count). The van der Waals surface area contributed by atoms with E-state index in [0.717, 1.165) is 44.3 Å². The molecule has 3 fully saturated rings. The van der Waals surface area contributed by atoms with Gasteiger partial charge in [-0.1, -0.05) is 23.4 Å². The zero-order chi connectivity index (χ0) is 20.6. The van der Waals surface area contributed by atoms with Crippen molar-refractivity contribution in [2.24, 2.45) is 0 Å². The molecule has 3 heterocycles. The predicted molar refractivity (Wildman–Crippen MR) is 111 cm³/mol. The Bertz CT molecular complexity index is 925. The van der Waals surface area contributed by atoms with E-state index in [1.165, 1.54) is 6.42 Å². The number of nitrogens with one attached hydrogen (secondary N) is 2. The van der Waals surface area contributed by atoms with Gasteiger partial charge in [0.25, 0.3) is 5.91 Å². The van der Waals surface area contributed by atoms with E-state index in [4.69, 9.17) is 0 Å². The second-order valence-corrected chi connectivity index (χ2v) is 8.79. The number of carbonyl (C=O) groups is 2. The summed E-state index contributed by atoms with van der Waals surface area (Å²) in [6.07, 6.45) is 8.69. The van der Waals surface area contributed by atoms with Crippen molar-refractivity contribution < 1.29 is 9.59 Å². The summed E-state index contributed by atoms with van der Waals surface area (Å²) in [5.74, 6) is -0.0877. The number of piperidine rings is 1. The average Bonchev–Trinajstić information content (AvgIpc) is 3.36. The Hall–Kier alpha value is -2.74. The van der Waals surface area contributed by atoms with Crippen LogP contribution in [0.15, 0.2) is 36.5 Å². The minimum absolute atomic E-state index is 0.0652. The summed E-state index contributed by atoms with van der Waals surface area (Å²) in [5, 5.41) is 14.5. The Kier molecular flexibility index (Phi) is 5.02. The number of aromatic nitrogens is 3. The highest BCUT2D eigenvalue weighted by molar-refractivity contribution is 5.92. The highest BCUT2D eigenvalue weighted by atomic mass is 16.2. The van der Waals surface area contributed by atoms with Crippen molar-refractivity contribution in [1.29, 1.82) is 0 Å². The number of nitrogens with zero attached hydrogens (tertiary/aromatic N) is 4. The van der Waals surface area contributed by atoms with Gasteiger partial charge in [0.05, 0.1) is 11.9 Å². The maximum Gasteiger partial charge on any atom is 0.273 e. The van der Waals surface area contributed by atoms with Gasteiger partial charge in [0.2, 0.25) is 5.91 Å². The fourth-order valence-corrected chi connectivity index (χ4v) is 4.98. The standard InChI is InChI=1S/C22H28N6O2/c29-20(19-15-28(26-25-19)18-9-2-1-3-10-18)23-17-13-22(11-4-5-12-27(22)14-17)21(30)24-16-7-6-8-16/h1-3,9-10,15-17H,4-8,11-14H2,(H,23,29)(H,24,30)/t17-,22-/m0/s1. The second kappa shape index (κ2) is 7.83. The van der Waals surface area contributed by atoms with Crippen LogP contribution in [-0.4, -0.2) is 62.4 Å². The highest BCUT2D eigenvalue weighted by Gasteiger charge is 2.52. The molecule has 1 aliphatic carbocycles. The van der Waals surface area contributed by atoms with E-state index in [0.29, 0.717) is 19.0 Å².